The summed E-state index contributed by atoms with van der Waals surface area (Å²) in [4.78, 5) is 24.6. The number of nitrogens with zero attached hydrogens (tertiary/aromatic N) is 2. The van der Waals surface area contributed by atoms with Gasteiger partial charge in [-0.15, -0.1) is 5.10 Å². The highest BCUT2D eigenvalue weighted by molar-refractivity contribution is 5.94. The summed E-state index contributed by atoms with van der Waals surface area (Å²) in [6.07, 6.45) is 4.34. The van der Waals surface area contributed by atoms with Crippen molar-refractivity contribution in [3.8, 4) is 11.6 Å². The van der Waals surface area contributed by atoms with Gasteiger partial charge in [0.15, 0.2) is 0 Å². The van der Waals surface area contributed by atoms with E-state index in [0.717, 1.165) is 25.7 Å². The minimum atomic E-state index is -0.342. The zero-order chi connectivity index (χ0) is 20.9. The molecule has 1 heterocycles. The van der Waals surface area contributed by atoms with E-state index >= 15 is 0 Å². The zero-order valence-corrected chi connectivity index (χ0v) is 16.4. The van der Waals surface area contributed by atoms with Crippen LogP contribution in [0.4, 0.5) is 4.39 Å². The Kier molecular flexibility index (Phi) is 5.88. The summed E-state index contributed by atoms with van der Waals surface area (Å²) in [6, 6.07) is 15.9. The molecular formula is C23H22FN3O3. The van der Waals surface area contributed by atoms with E-state index in [1.165, 1.54) is 28.9 Å². The van der Waals surface area contributed by atoms with Crippen LogP contribution in [0.1, 0.15) is 41.6 Å². The van der Waals surface area contributed by atoms with Crippen molar-refractivity contribution in [3.63, 3.8) is 0 Å². The molecule has 1 amide bonds. The smallest absolute Gasteiger partial charge is 0.271 e. The molecular weight excluding hydrogens is 385 g/mol. The lowest BCUT2D eigenvalue weighted by Gasteiger charge is -2.12. The predicted octanol–water partition coefficient (Wildman–Crippen LogP) is 3.62. The molecule has 6 nitrogen and oxygen atoms in total. The summed E-state index contributed by atoms with van der Waals surface area (Å²) in [6.45, 7) is 0.128. The molecule has 2 aromatic carbocycles. The Morgan fingerprint density at radius 2 is 1.87 bits per heavy atom. The van der Waals surface area contributed by atoms with Crippen LogP contribution in [-0.2, 0) is 6.61 Å². The van der Waals surface area contributed by atoms with Crippen molar-refractivity contribution in [2.24, 2.45) is 0 Å². The van der Waals surface area contributed by atoms with E-state index < -0.39 is 0 Å². The summed E-state index contributed by atoms with van der Waals surface area (Å²) >= 11 is 0. The van der Waals surface area contributed by atoms with E-state index in [9.17, 15) is 14.0 Å². The summed E-state index contributed by atoms with van der Waals surface area (Å²) in [5.41, 5.74) is 1.40. The Hall–Kier alpha value is -3.48. The first-order chi connectivity index (χ1) is 14.6. The number of nitrogens with one attached hydrogen (secondary N) is 1. The van der Waals surface area contributed by atoms with Crippen LogP contribution in [0, 0.1) is 5.82 Å². The first-order valence-electron chi connectivity index (χ1n) is 9.97. The second-order valence-electron chi connectivity index (χ2n) is 7.34. The van der Waals surface area contributed by atoms with Crippen LogP contribution in [0.15, 0.2) is 65.5 Å². The number of halogens is 1. The number of ether oxygens (including phenoxy) is 1. The van der Waals surface area contributed by atoms with Gasteiger partial charge in [0.05, 0.1) is 5.69 Å². The molecule has 0 atom stereocenters. The lowest BCUT2D eigenvalue weighted by Crippen LogP contribution is -2.32. The van der Waals surface area contributed by atoms with Gasteiger partial charge in [-0.25, -0.2) is 4.39 Å². The van der Waals surface area contributed by atoms with Crippen molar-refractivity contribution < 1.29 is 13.9 Å². The second kappa shape index (κ2) is 8.90. The molecule has 0 radical (unpaired) electrons. The van der Waals surface area contributed by atoms with Crippen molar-refractivity contribution in [3.05, 3.63) is 88.0 Å². The Balaban J connectivity index is 1.47. The van der Waals surface area contributed by atoms with Gasteiger partial charge in [0, 0.05) is 23.7 Å². The molecule has 1 aromatic heterocycles. The minimum absolute atomic E-state index is 0.110. The Bertz CT molecular complexity index is 1090. The first kappa shape index (κ1) is 19.8. The van der Waals surface area contributed by atoms with Gasteiger partial charge in [-0.05, 0) is 54.8 Å². The van der Waals surface area contributed by atoms with E-state index in [-0.39, 0.29) is 35.8 Å². The molecule has 1 saturated carbocycles. The maximum Gasteiger partial charge on any atom is 0.271 e. The van der Waals surface area contributed by atoms with Crippen LogP contribution in [0.5, 0.6) is 5.88 Å². The Morgan fingerprint density at radius 1 is 1.10 bits per heavy atom. The lowest BCUT2D eigenvalue weighted by molar-refractivity contribution is 0.0938. The predicted molar refractivity (Wildman–Crippen MR) is 110 cm³/mol. The molecule has 1 aliphatic carbocycles. The van der Waals surface area contributed by atoms with Crippen LogP contribution in [0.25, 0.3) is 5.69 Å². The van der Waals surface area contributed by atoms with Gasteiger partial charge in [-0.3, -0.25) is 9.59 Å². The second-order valence-corrected chi connectivity index (χ2v) is 7.34. The van der Waals surface area contributed by atoms with E-state index in [1.807, 2.05) is 0 Å². The van der Waals surface area contributed by atoms with E-state index in [4.69, 9.17) is 4.74 Å². The molecule has 0 unspecified atom stereocenters. The van der Waals surface area contributed by atoms with Crippen molar-refractivity contribution in [2.75, 3.05) is 0 Å². The molecule has 0 spiro atoms. The Morgan fingerprint density at radius 3 is 2.60 bits per heavy atom. The molecule has 1 aliphatic rings. The normalized spacial score (nSPS) is 13.9. The van der Waals surface area contributed by atoms with Gasteiger partial charge < -0.3 is 10.1 Å². The highest BCUT2D eigenvalue weighted by Gasteiger charge is 2.18. The molecule has 1 fully saturated rings. The van der Waals surface area contributed by atoms with Gasteiger partial charge in [0.25, 0.3) is 11.5 Å². The summed E-state index contributed by atoms with van der Waals surface area (Å²) < 4.78 is 20.1. The van der Waals surface area contributed by atoms with Crippen molar-refractivity contribution in [1.82, 2.24) is 15.1 Å². The van der Waals surface area contributed by atoms with Crippen LogP contribution in [0.2, 0.25) is 0 Å². The fourth-order valence-corrected chi connectivity index (χ4v) is 3.53. The third-order valence-corrected chi connectivity index (χ3v) is 5.12. The molecule has 0 saturated heterocycles. The highest BCUT2D eigenvalue weighted by Crippen LogP contribution is 2.18. The first-order valence-corrected chi connectivity index (χ1v) is 9.97. The number of aromatic nitrogens is 2. The van der Waals surface area contributed by atoms with Crippen LogP contribution >= 0.6 is 0 Å². The summed E-state index contributed by atoms with van der Waals surface area (Å²) in [5.74, 6) is -0.214. The molecule has 0 bridgehead atoms. The SMILES string of the molecule is O=C(NC1CCCC1)c1ccc(-n2nc(OCc3cccc(F)c3)ccc2=O)cc1. The number of carbonyl (C=O) groups is 1. The minimum Gasteiger partial charge on any atom is -0.472 e. The standard InChI is InChI=1S/C23H22FN3O3/c24-18-5-3-4-16(14-18)15-30-21-12-13-22(28)27(26-21)20-10-8-17(9-11-20)23(29)25-19-6-1-2-7-19/h3-5,8-14,19H,1-2,6-7,15H2,(H,25,29). The van der Waals surface area contributed by atoms with E-state index in [1.54, 1.807) is 36.4 Å². The van der Waals surface area contributed by atoms with Crippen LogP contribution < -0.4 is 15.6 Å². The topological polar surface area (TPSA) is 73.2 Å². The van der Waals surface area contributed by atoms with Gasteiger partial charge in [-0.1, -0.05) is 25.0 Å². The van der Waals surface area contributed by atoms with E-state index in [0.29, 0.717) is 16.8 Å². The van der Waals surface area contributed by atoms with Gasteiger partial charge in [0.1, 0.15) is 12.4 Å². The monoisotopic (exact) mass is 407 g/mol. The maximum atomic E-state index is 13.3. The molecule has 7 heteroatoms. The molecule has 3 aromatic rings. The summed E-state index contributed by atoms with van der Waals surface area (Å²) in [7, 11) is 0. The maximum absolute atomic E-state index is 13.3. The van der Waals surface area contributed by atoms with Gasteiger partial charge >= 0.3 is 0 Å². The average molecular weight is 407 g/mol. The number of rotatable bonds is 6. The van der Waals surface area contributed by atoms with Gasteiger partial charge in [-0.2, -0.15) is 4.68 Å². The lowest BCUT2D eigenvalue weighted by atomic mass is 10.1. The number of hydrogen-bond donors (Lipinski definition) is 1. The quantitative estimate of drug-likeness (QED) is 0.677. The largest absolute Gasteiger partial charge is 0.472 e. The number of carbonyl (C=O) groups excluding carboxylic acids is 1. The molecule has 1 N–H and O–H groups in total. The summed E-state index contributed by atoms with van der Waals surface area (Å²) in [5, 5.41) is 7.27. The molecule has 154 valence electrons. The van der Waals surface area contributed by atoms with Crippen LogP contribution in [-0.4, -0.2) is 21.7 Å². The molecule has 0 aliphatic heterocycles. The van der Waals surface area contributed by atoms with E-state index in [2.05, 4.69) is 10.4 Å². The molecule has 30 heavy (non-hydrogen) atoms. The number of hydrogen-bond acceptors (Lipinski definition) is 4. The van der Waals surface area contributed by atoms with Crippen molar-refractivity contribution in [2.45, 2.75) is 38.3 Å². The third kappa shape index (κ3) is 4.74. The molecule has 4 rings (SSSR count). The average Bonchev–Trinajstić information content (AvgIpc) is 3.26. The fourth-order valence-electron chi connectivity index (χ4n) is 3.53. The third-order valence-electron chi connectivity index (χ3n) is 5.12. The van der Waals surface area contributed by atoms with Crippen molar-refractivity contribution >= 4 is 5.91 Å². The fraction of sp³-hybridized carbons (Fsp3) is 0.261. The number of benzene rings is 2. The zero-order valence-electron chi connectivity index (χ0n) is 16.4. The van der Waals surface area contributed by atoms with Crippen molar-refractivity contribution in [1.29, 1.82) is 0 Å². The van der Waals surface area contributed by atoms with Gasteiger partial charge in [0.2, 0.25) is 5.88 Å². The highest BCUT2D eigenvalue weighted by atomic mass is 19.1. The van der Waals surface area contributed by atoms with Crippen LogP contribution in [0.3, 0.4) is 0 Å². The number of amides is 1. The Labute approximate surface area is 173 Å².